The van der Waals surface area contributed by atoms with E-state index >= 15 is 0 Å². The summed E-state index contributed by atoms with van der Waals surface area (Å²) in [5.41, 5.74) is 0. The highest BCUT2D eigenvalue weighted by molar-refractivity contribution is 6.02. The summed E-state index contributed by atoms with van der Waals surface area (Å²) >= 11 is 0. The number of hydrogen-bond donors (Lipinski definition) is 1. The van der Waals surface area contributed by atoms with Gasteiger partial charge < -0.3 is 10.1 Å². The maximum Gasteiger partial charge on any atom is 0.258 e. The highest BCUT2D eigenvalue weighted by Crippen LogP contribution is 2.29. The summed E-state index contributed by atoms with van der Waals surface area (Å²) in [5.74, 6) is 0.159. The molecule has 3 aliphatic heterocycles. The highest BCUT2D eigenvalue weighted by Gasteiger charge is 2.46. The third-order valence-electron chi connectivity index (χ3n) is 4.31. The zero-order chi connectivity index (χ0) is 12.7. The van der Waals surface area contributed by atoms with Crippen molar-refractivity contribution < 1.29 is 14.3 Å². The fourth-order valence-electron chi connectivity index (χ4n) is 3.11. The Bertz CT molecular complexity index is 341. The molecule has 3 rings (SSSR count). The van der Waals surface area contributed by atoms with Crippen LogP contribution >= 0.6 is 0 Å². The fourth-order valence-corrected chi connectivity index (χ4v) is 3.11. The number of likely N-dealkylation sites (tertiary alicyclic amines) is 1. The van der Waals surface area contributed by atoms with Crippen molar-refractivity contribution in [3.05, 3.63) is 0 Å². The Labute approximate surface area is 107 Å². The minimum atomic E-state index is -0.358. The third kappa shape index (κ3) is 2.06. The Morgan fingerprint density at radius 1 is 1.17 bits per heavy atom. The monoisotopic (exact) mass is 252 g/mol. The first-order valence-electron chi connectivity index (χ1n) is 6.89. The van der Waals surface area contributed by atoms with E-state index in [1.165, 1.54) is 4.90 Å². The van der Waals surface area contributed by atoms with E-state index in [1.54, 1.807) is 0 Å². The van der Waals surface area contributed by atoms with Crippen LogP contribution in [0.2, 0.25) is 0 Å². The summed E-state index contributed by atoms with van der Waals surface area (Å²) in [7, 11) is 0. The van der Waals surface area contributed by atoms with Crippen LogP contribution in [0.3, 0.4) is 0 Å². The van der Waals surface area contributed by atoms with Crippen LogP contribution < -0.4 is 5.32 Å². The molecule has 100 valence electrons. The van der Waals surface area contributed by atoms with Gasteiger partial charge in [-0.15, -0.1) is 0 Å². The van der Waals surface area contributed by atoms with Crippen molar-refractivity contribution in [3.8, 4) is 0 Å². The summed E-state index contributed by atoms with van der Waals surface area (Å²) in [6.45, 7) is 3.63. The van der Waals surface area contributed by atoms with E-state index < -0.39 is 0 Å². The molecule has 3 saturated heterocycles. The van der Waals surface area contributed by atoms with Crippen LogP contribution in [-0.2, 0) is 14.3 Å². The molecule has 0 aliphatic carbocycles. The zero-order valence-corrected chi connectivity index (χ0v) is 10.7. The van der Waals surface area contributed by atoms with Crippen LogP contribution in [0.1, 0.15) is 32.6 Å². The highest BCUT2D eigenvalue weighted by atomic mass is 16.5. The molecule has 0 saturated carbocycles. The van der Waals surface area contributed by atoms with Gasteiger partial charge in [-0.2, -0.15) is 0 Å². The van der Waals surface area contributed by atoms with E-state index in [-0.39, 0.29) is 24.0 Å². The van der Waals surface area contributed by atoms with E-state index in [9.17, 15) is 9.59 Å². The van der Waals surface area contributed by atoms with Gasteiger partial charge in [0, 0.05) is 12.6 Å². The van der Waals surface area contributed by atoms with Gasteiger partial charge in [-0.1, -0.05) is 0 Å². The molecule has 4 atom stereocenters. The lowest BCUT2D eigenvalue weighted by Crippen LogP contribution is -2.54. The van der Waals surface area contributed by atoms with Gasteiger partial charge in [0.15, 0.2) is 0 Å². The Morgan fingerprint density at radius 2 is 1.83 bits per heavy atom. The Kier molecular flexibility index (Phi) is 3.11. The fraction of sp³-hybridized carbons (Fsp3) is 0.846. The number of nitrogens with one attached hydrogen (secondary N) is 1. The van der Waals surface area contributed by atoms with Gasteiger partial charge in [0.1, 0.15) is 12.2 Å². The normalized spacial score (nSPS) is 40.4. The summed E-state index contributed by atoms with van der Waals surface area (Å²) in [6, 6.07) is 0.550. The number of ether oxygens (including phenoxy) is 1. The van der Waals surface area contributed by atoms with Crippen LogP contribution in [0, 0.1) is 5.92 Å². The van der Waals surface area contributed by atoms with Crippen molar-refractivity contribution in [2.45, 2.75) is 50.9 Å². The van der Waals surface area contributed by atoms with Crippen molar-refractivity contribution in [2.24, 2.45) is 5.92 Å². The number of fused-ring (bicyclic) bond motifs is 2. The van der Waals surface area contributed by atoms with E-state index in [0.29, 0.717) is 31.3 Å². The molecule has 1 N–H and O–H groups in total. The molecule has 3 aliphatic rings. The first kappa shape index (κ1) is 12.1. The van der Waals surface area contributed by atoms with Crippen LogP contribution in [-0.4, -0.2) is 48.1 Å². The van der Waals surface area contributed by atoms with E-state index in [1.807, 2.05) is 0 Å². The van der Waals surface area contributed by atoms with Crippen LogP contribution in [0.5, 0.6) is 0 Å². The Balaban J connectivity index is 1.65. The molecule has 0 spiro atoms. The quantitative estimate of drug-likeness (QED) is 0.718. The molecule has 2 amide bonds. The minimum Gasteiger partial charge on any atom is -0.355 e. The SMILES string of the molecule is CC1CCC(CN2C(=O)C3CCC(O3)C2=O)CN1. The molecule has 3 fully saturated rings. The predicted octanol–water partition coefficient (Wildman–Crippen LogP) is 0.291. The van der Waals surface area contributed by atoms with Gasteiger partial charge >= 0.3 is 0 Å². The van der Waals surface area contributed by atoms with Crippen molar-refractivity contribution in [3.63, 3.8) is 0 Å². The van der Waals surface area contributed by atoms with Crippen molar-refractivity contribution >= 4 is 11.8 Å². The molecular weight excluding hydrogens is 232 g/mol. The molecule has 4 unspecified atom stereocenters. The largest absolute Gasteiger partial charge is 0.355 e. The molecule has 3 heterocycles. The van der Waals surface area contributed by atoms with Crippen molar-refractivity contribution in [2.75, 3.05) is 13.1 Å². The lowest BCUT2D eigenvalue weighted by atomic mass is 9.94. The first-order chi connectivity index (χ1) is 8.65. The zero-order valence-electron chi connectivity index (χ0n) is 10.7. The number of carbonyl (C=O) groups is 2. The summed E-state index contributed by atoms with van der Waals surface area (Å²) in [5, 5.41) is 3.41. The van der Waals surface area contributed by atoms with Gasteiger partial charge in [-0.05, 0) is 45.1 Å². The second-order valence-electron chi connectivity index (χ2n) is 5.73. The average Bonchev–Trinajstić information content (AvgIpc) is 2.82. The lowest BCUT2D eigenvalue weighted by molar-refractivity contribution is -0.169. The molecular formula is C13H20N2O3. The second-order valence-corrected chi connectivity index (χ2v) is 5.73. The number of piperidine rings is 1. The van der Waals surface area contributed by atoms with Gasteiger partial charge in [0.05, 0.1) is 0 Å². The van der Waals surface area contributed by atoms with Gasteiger partial charge in [-0.25, -0.2) is 0 Å². The number of morpholine rings is 1. The van der Waals surface area contributed by atoms with E-state index in [4.69, 9.17) is 4.74 Å². The number of amides is 2. The molecule has 5 nitrogen and oxygen atoms in total. The Morgan fingerprint density at radius 3 is 2.39 bits per heavy atom. The van der Waals surface area contributed by atoms with Gasteiger partial charge in [0.2, 0.25) is 0 Å². The van der Waals surface area contributed by atoms with Crippen molar-refractivity contribution in [1.29, 1.82) is 0 Å². The molecule has 5 heteroatoms. The molecule has 0 aromatic rings. The molecule has 18 heavy (non-hydrogen) atoms. The average molecular weight is 252 g/mol. The summed E-state index contributed by atoms with van der Waals surface area (Å²) in [6.07, 6.45) is 2.88. The van der Waals surface area contributed by atoms with E-state index in [2.05, 4.69) is 12.2 Å². The molecule has 0 aromatic heterocycles. The number of nitrogens with zero attached hydrogens (tertiary/aromatic N) is 1. The second kappa shape index (κ2) is 4.63. The van der Waals surface area contributed by atoms with Crippen LogP contribution in [0.25, 0.3) is 0 Å². The predicted molar refractivity (Wildman–Crippen MR) is 64.8 cm³/mol. The maximum atomic E-state index is 12.1. The number of carbonyl (C=O) groups excluding carboxylic acids is 2. The minimum absolute atomic E-state index is 0.118. The summed E-state index contributed by atoms with van der Waals surface area (Å²) in [4.78, 5) is 25.6. The van der Waals surface area contributed by atoms with Crippen molar-refractivity contribution in [1.82, 2.24) is 10.2 Å². The molecule has 2 bridgehead atoms. The molecule has 0 aromatic carbocycles. The lowest BCUT2D eigenvalue weighted by Gasteiger charge is -2.35. The topological polar surface area (TPSA) is 58.6 Å². The van der Waals surface area contributed by atoms with Crippen LogP contribution in [0.15, 0.2) is 0 Å². The summed E-state index contributed by atoms with van der Waals surface area (Å²) < 4.78 is 5.40. The smallest absolute Gasteiger partial charge is 0.258 e. The van der Waals surface area contributed by atoms with E-state index in [0.717, 1.165) is 19.4 Å². The maximum absolute atomic E-state index is 12.1. The third-order valence-corrected chi connectivity index (χ3v) is 4.31. The van der Waals surface area contributed by atoms with Crippen LogP contribution in [0.4, 0.5) is 0 Å². The number of hydrogen-bond acceptors (Lipinski definition) is 4. The first-order valence-corrected chi connectivity index (χ1v) is 6.89. The van der Waals surface area contributed by atoms with Gasteiger partial charge in [0.25, 0.3) is 11.8 Å². The Hall–Kier alpha value is -0.940. The van der Waals surface area contributed by atoms with Gasteiger partial charge in [-0.3, -0.25) is 14.5 Å². The number of rotatable bonds is 2. The standard InChI is InChI=1S/C13H20N2O3/c1-8-2-3-9(6-14-8)7-15-12(16)10-4-5-11(18-10)13(15)17/h8-11,14H,2-7H2,1H3. The number of imide groups is 1. The molecule has 0 radical (unpaired) electrons.